The summed E-state index contributed by atoms with van der Waals surface area (Å²) < 4.78 is 5.65. The molecule has 1 aliphatic rings. The number of nitrogens with one attached hydrogen (secondary N) is 1. The highest BCUT2D eigenvalue weighted by molar-refractivity contribution is 5.76. The molecule has 1 fully saturated rings. The van der Waals surface area contributed by atoms with E-state index in [1.807, 2.05) is 30.9 Å². The third-order valence-electron chi connectivity index (χ3n) is 3.87. The van der Waals surface area contributed by atoms with Gasteiger partial charge in [-0.05, 0) is 43.9 Å². The first kappa shape index (κ1) is 16.8. The Morgan fingerprint density at radius 1 is 1.18 bits per heavy atom. The Morgan fingerprint density at radius 2 is 1.82 bits per heavy atom. The van der Waals surface area contributed by atoms with Gasteiger partial charge >= 0.3 is 0 Å². The highest BCUT2D eigenvalue weighted by Gasteiger charge is 2.18. The Balaban J connectivity index is 1.80. The van der Waals surface area contributed by atoms with Crippen LogP contribution in [0.1, 0.15) is 32.8 Å². The highest BCUT2D eigenvalue weighted by atomic mass is 16.5. The van der Waals surface area contributed by atoms with Gasteiger partial charge in [0.25, 0.3) is 0 Å². The molecule has 1 unspecified atom stereocenters. The van der Waals surface area contributed by atoms with Crippen molar-refractivity contribution in [2.24, 2.45) is 5.92 Å². The summed E-state index contributed by atoms with van der Waals surface area (Å²) >= 11 is 0. The van der Waals surface area contributed by atoms with Gasteiger partial charge in [0, 0.05) is 32.6 Å². The van der Waals surface area contributed by atoms with Crippen LogP contribution >= 0.6 is 0 Å². The topological polar surface area (TPSA) is 41.6 Å². The predicted molar refractivity (Wildman–Crippen MR) is 89.1 cm³/mol. The summed E-state index contributed by atoms with van der Waals surface area (Å²) in [6.07, 6.45) is 1.76. The molecule has 122 valence electrons. The van der Waals surface area contributed by atoms with Gasteiger partial charge in [-0.2, -0.15) is 0 Å². The predicted octanol–water partition coefficient (Wildman–Crippen LogP) is 2.47. The van der Waals surface area contributed by atoms with Crippen molar-refractivity contribution in [2.45, 2.75) is 39.7 Å². The van der Waals surface area contributed by atoms with Crippen molar-refractivity contribution >= 4 is 5.91 Å². The van der Waals surface area contributed by atoms with E-state index < -0.39 is 0 Å². The SMILES string of the molecule is CC(CC(=O)N1CCNCC1)Cc1ccc(OC(C)C)cc1. The fraction of sp³-hybridized carbons (Fsp3) is 0.611. The number of piperazine rings is 1. The Morgan fingerprint density at radius 3 is 2.41 bits per heavy atom. The van der Waals surface area contributed by atoms with Gasteiger partial charge in [-0.3, -0.25) is 4.79 Å². The van der Waals surface area contributed by atoms with Gasteiger partial charge in [0.15, 0.2) is 0 Å². The molecule has 0 radical (unpaired) electrons. The molecular weight excluding hydrogens is 276 g/mol. The van der Waals surface area contributed by atoms with Crippen LogP contribution < -0.4 is 10.1 Å². The fourth-order valence-electron chi connectivity index (χ4n) is 2.79. The van der Waals surface area contributed by atoms with Crippen LogP contribution in [0.4, 0.5) is 0 Å². The molecule has 4 nitrogen and oxygen atoms in total. The molecule has 2 rings (SSSR count). The number of rotatable bonds is 6. The van der Waals surface area contributed by atoms with E-state index in [0.717, 1.165) is 38.3 Å². The van der Waals surface area contributed by atoms with Crippen molar-refractivity contribution in [1.82, 2.24) is 10.2 Å². The Hall–Kier alpha value is -1.55. The number of benzene rings is 1. The standard InChI is InChI=1S/C18H28N2O2/c1-14(2)22-17-6-4-16(5-7-17)12-15(3)13-18(21)20-10-8-19-9-11-20/h4-7,14-15,19H,8-13H2,1-3H3. The number of carbonyl (C=O) groups is 1. The highest BCUT2D eigenvalue weighted by Crippen LogP contribution is 2.18. The monoisotopic (exact) mass is 304 g/mol. The van der Waals surface area contributed by atoms with Crippen LogP contribution in [0.25, 0.3) is 0 Å². The molecule has 1 aliphatic heterocycles. The second-order valence-electron chi connectivity index (χ2n) is 6.45. The van der Waals surface area contributed by atoms with E-state index in [4.69, 9.17) is 4.74 Å². The van der Waals surface area contributed by atoms with Crippen LogP contribution in [0.2, 0.25) is 0 Å². The second-order valence-corrected chi connectivity index (χ2v) is 6.45. The Kier molecular flexibility index (Phi) is 6.25. The zero-order chi connectivity index (χ0) is 15.9. The molecule has 1 saturated heterocycles. The molecule has 0 spiro atoms. The van der Waals surface area contributed by atoms with Crippen LogP contribution in [0, 0.1) is 5.92 Å². The van der Waals surface area contributed by atoms with Crippen LogP contribution in [-0.4, -0.2) is 43.1 Å². The summed E-state index contributed by atoms with van der Waals surface area (Å²) in [5, 5.41) is 3.28. The van der Waals surface area contributed by atoms with Crippen molar-refractivity contribution in [2.75, 3.05) is 26.2 Å². The van der Waals surface area contributed by atoms with Gasteiger partial charge in [0.05, 0.1) is 6.10 Å². The first-order chi connectivity index (χ1) is 10.5. The lowest BCUT2D eigenvalue weighted by molar-refractivity contribution is -0.132. The van der Waals surface area contributed by atoms with Crippen molar-refractivity contribution in [3.05, 3.63) is 29.8 Å². The number of ether oxygens (including phenoxy) is 1. The van der Waals surface area contributed by atoms with Gasteiger partial charge in [-0.25, -0.2) is 0 Å². The molecule has 1 amide bonds. The first-order valence-electron chi connectivity index (χ1n) is 8.28. The molecule has 1 N–H and O–H groups in total. The van der Waals surface area contributed by atoms with Crippen molar-refractivity contribution in [1.29, 1.82) is 0 Å². The molecule has 1 heterocycles. The second kappa shape index (κ2) is 8.18. The number of nitrogens with zero attached hydrogens (tertiary/aromatic N) is 1. The quantitative estimate of drug-likeness (QED) is 0.878. The number of hydrogen-bond donors (Lipinski definition) is 1. The average Bonchev–Trinajstić information content (AvgIpc) is 2.49. The van der Waals surface area contributed by atoms with E-state index in [9.17, 15) is 4.79 Å². The van der Waals surface area contributed by atoms with E-state index in [1.165, 1.54) is 5.56 Å². The van der Waals surface area contributed by atoms with Crippen molar-refractivity contribution in [3.63, 3.8) is 0 Å². The molecule has 0 aliphatic carbocycles. The maximum Gasteiger partial charge on any atom is 0.222 e. The van der Waals surface area contributed by atoms with Gasteiger partial charge in [0.1, 0.15) is 5.75 Å². The minimum atomic E-state index is 0.196. The Bertz CT molecular complexity index is 464. The normalized spacial score (nSPS) is 16.6. The summed E-state index contributed by atoms with van der Waals surface area (Å²) in [5.74, 6) is 1.55. The van der Waals surface area contributed by atoms with E-state index in [2.05, 4.69) is 24.4 Å². The molecule has 4 heteroatoms. The molecule has 1 atom stereocenters. The van der Waals surface area contributed by atoms with Crippen LogP contribution in [0.5, 0.6) is 5.75 Å². The van der Waals surface area contributed by atoms with Crippen molar-refractivity contribution in [3.8, 4) is 5.75 Å². The van der Waals surface area contributed by atoms with Gasteiger partial charge in [-0.1, -0.05) is 19.1 Å². The molecule has 1 aromatic rings. The van der Waals surface area contributed by atoms with Gasteiger partial charge < -0.3 is 15.0 Å². The zero-order valence-electron chi connectivity index (χ0n) is 14.0. The van der Waals surface area contributed by atoms with E-state index in [0.29, 0.717) is 12.3 Å². The minimum absolute atomic E-state index is 0.196. The maximum absolute atomic E-state index is 12.3. The number of amides is 1. The van der Waals surface area contributed by atoms with Crippen LogP contribution in [-0.2, 0) is 11.2 Å². The summed E-state index contributed by atoms with van der Waals surface area (Å²) in [6, 6.07) is 8.23. The van der Waals surface area contributed by atoms with E-state index in [1.54, 1.807) is 0 Å². The smallest absolute Gasteiger partial charge is 0.222 e. The van der Waals surface area contributed by atoms with Crippen LogP contribution in [0.3, 0.4) is 0 Å². The third kappa shape index (κ3) is 5.34. The fourth-order valence-corrected chi connectivity index (χ4v) is 2.79. The molecule has 0 saturated carbocycles. The largest absolute Gasteiger partial charge is 0.491 e. The molecule has 1 aromatic carbocycles. The lowest BCUT2D eigenvalue weighted by Gasteiger charge is -2.28. The number of carbonyl (C=O) groups excluding carboxylic acids is 1. The Labute approximate surface area is 133 Å². The number of hydrogen-bond acceptors (Lipinski definition) is 3. The summed E-state index contributed by atoms with van der Waals surface area (Å²) in [6.45, 7) is 9.71. The first-order valence-corrected chi connectivity index (χ1v) is 8.28. The molecule has 0 bridgehead atoms. The van der Waals surface area contributed by atoms with Crippen molar-refractivity contribution < 1.29 is 9.53 Å². The minimum Gasteiger partial charge on any atom is -0.491 e. The van der Waals surface area contributed by atoms with E-state index >= 15 is 0 Å². The molecular formula is C18H28N2O2. The molecule has 0 aromatic heterocycles. The summed E-state index contributed by atoms with van der Waals surface area (Å²) in [7, 11) is 0. The van der Waals surface area contributed by atoms with Gasteiger partial charge in [-0.15, -0.1) is 0 Å². The maximum atomic E-state index is 12.3. The zero-order valence-corrected chi connectivity index (χ0v) is 14.0. The summed E-state index contributed by atoms with van der Waals surface area (Å²) in [5.41, 5.74) is 1.26. The van der Waals surface area contributed by atoms with Gasteiger partial charge in [0.2, 0.25) is 5.91 Å². The lowest BCUT2D eigenvalue weighted by Crippen LogP contribution is -2.46. The van der Waals surface area contributed by atoms with E-state index in [-0.39, 0.29) is 12.0 Å². The summed E-state index contributed by atoms with van der Waals surface area (Å²) in [4.78, 5) is 14.2. The lowest BCUT2D eigenvalue weighted by atomic mass is 9.97. The molecule has 22 heavy (non-hydrogen) atoms. The third-order valence-corrected chi connectivity index (χ3v) is 3.87. The average molecular weight is 304 g/mol. The van der Waals surface area contributed by atoms with Crippen LogP contribution in [0.15, 0.2) is 24.3 Å².